The van der Waals surface area contributed by atoms with Crippen LogP contribution in [0.3, 0.4) is 0 Å². The van der Waals surface area contributed by atoms with E-state index >= 15 is 0 Å². The molecule has 0 aliphatic rings. The van der Waals surface area contributed by atoms with Gasteiger partial charge in [-0.3, -0.25) is 4.79 Å². The minimum absolute atomic E-state index is 0.236. The first-order valence-corrected chi connectivity index (χ1v) is 5.24. The molecule has 0 atom stereocenters. The molecule has 88 valence electrons. The summed E-state index contributed by atoms with van der Waals surface area (Å²) < 4.78 is 1.17. The number of nitrogens with zero attached hydrogens (tertiary/aromatic N) is 4. The van der Waals surface area contributed by atoms with Crippen molar-refractivity contribution in [1.29, 1.82) is 0 Å². The van der Waals surface area contributed by atoms with E-state index < -0.39 is 0 Å². The van der Waals surface area contributed by atoms with E-state index in [1.165, 1.54) is 17.8 Å². The van der Waals surface area contributed by atoms with E-state index in [-0.39, 0.29) is 10.7 Å². The highest BCUT2D eigenvalue weighted by molar-refractivity contribution is 6.29. The van der Waals surface area contributed by atoms with Gasteiger partial charge in [-0.15, -0.1) is 0 Å². The van der Waals surface area contributed by atoms with E-state index in [9.17, 15) is 4.79 Å². The second-order valence-corrected chi connectivity index (χ2v) is 3.81. The van der Waals surface area contributed by atoms with E-state index in [2.05, 4.69) is 20.4 Å². The molecule has 7 heteroatoms. The number of hydrogen-bond acceptors (Lipinski definition) is 5. The molecule has 0 saturated carbocycles. The van der Waals surface area contributed by atoms with Crippen LogP contribution in [0.4, 0.5) is 11.5 Å². The van der Waals surface area contributed by atoms with Crippen molar-refractivity contribution in [3.63, 3.8) is 0 Å². The van der Waals surface area contributed by atoms with Gasteiger partial charge in [0.25, 0.3) is 5.56 Å². The maximum Gasteiger partial charge on any atom is 0.290 e. The molecule has 2 rings (SSSR count). The van der Waals surface area contributed by atoms with Gasteiger partial charge in [0.05, 0.1) is 0 Å². The molecule has 2 heterocycles. The molecule has 17 heavy (non-hydrogen) atoms. The molecule has 0 saturated heterocycles. The van der Waals surface area contributed by atoms with Gasteiger partial charge in [-0.1, -0.05) is 11.6 Å². The van der Waals surface area contributed by atoms with Crippen LogP contribution in [0.25, 0.3) is 0 Å². The molecule has 0 aliphatic heterocycles. The second-order valence-electron chi connectivity index (χ2n) is 3.42. The Morgan fingerprint density at radius 3 is 2.94 bits per heavy atom. The fourth-order valence-corrected chi connectivity index (χ4v) is 1.55. The molecule has 2 aromatic heterocycles. The summed E-state index contributed by atoms with van der Waals surface area (Å²) in [6.07, 6.45) is 1.61. The summed E-state index contributed by atoms with van der Waals surface area (Å²) in [6.45, 7) is 1.77. The Labute approximate surface area is 102 Å². The number of hydrogen-bond donors (Lipinski definition) is 1. The molecule has 0 radical (unpaired) electrons. The number of aromatic nitrogens is 4. The summed E-state index contributed by atoms with van der Waals surface area (Å²) in [5.74, 6) is 1.16. The van der Waals surface area contributed by atoms with Crippen LogP contribution in [-0.2, 0) is 7.05 Å². The first kappa shape index (κ1) is 11.5. The maximum absolute atomic E-state index is 11.7. The summed E-state index contributed by atoms with van der Waals surface area (Å²) in [4.78, 5) is 19.8. The molecule has 1 N–H and O–H groups in total. The van der Waals surface area contributed by atoms with Gasteiger partial charge in [0.1, 0.15) is 17.3 Å². The largest absolute Gasteiger partial charge is 0.335 e. The molecule has 2 aromatic rings. The number of halogens is 1. The lowest BCUT2D eigenvalue weighted by Gasteiger charge is -2.06. The van der Waals surface area contributed by atoms with E-state index in [0.717, 1.165) is 0 Å². The van der Waals surface area contributed by atoms with Gasteiger partial charge in [0.15, 0.2) is 5.15 Å². The van der Waals surface area contributed by atoms with Crippen molar-refractivity contribution in [2.75, 3.05) is 5.32 Å². The molecular weight excluding hydrogens is 242 g/mol. The average molecular weight is 252 g/mol. The molecular formula is C10H10ClN5O. The molecule has 6 nitrogen and oxygen atoms in total. The predicted molar refractivity (Wildman–Crippen MR) is 64.5 cm³/mol. The third-order valence-electron chi connectivity index (χ3n) is 2.07. The lowest BCUT2D eigenvalue weighted by Crippen LogP contribution is -2.22. The highest BCUT2D eigenvalue weighted by Gasteiger charge is 2.06. The van der Waals surface area contributed by atoms with Crippen molar-refractivity contribution in [3.8, 4) is 0 Å². The summed E-state index contributed by atoms with van der Waals surface area (Å²) in [7, 11) is 1.53. The van der Waals surface area contributed by atoms with Crippen LogP contribution in [0.15, 0.2) is 23.1 Å². The Morgan fingerprint density at radius 2 is 2.24 bits per heavy atom. The highest BCUT2D eigenvalue weighted by Crippen LogP contribution is 2.12. The van der Waals surface area contributed by atoms with Crippen LogP contribution in [0.1, 0.15) is 5.82 Å². The van der Waals surface area contributed by atoms with E-state index in [0.29, 0.717) is 17.3 Å². The van der Waals surface area contributed by atoms with Crippen LogP contribution in [0.5, 0.6) is 0 Å². The molecule has 0 spiro atoms. The third kappa shape index (κ3) is 2.59. The topological polar surface area (TPSA) is 72.7 Å². The van der Waals surface area contributed by atoms with Crippen molar-refractivity contribution >= 4 is 23.1 Å². The summed E-state index contributed by atoms with van der Waals surface area (Å²) >= 11 is 5.78. The van der Waals surface area contributed by atoms with Gasteiger partial charge in [-0.25, -0.2) is 14.6 Å². The Morgan fingerprint density at radius 1 is 1.47 bits per heavy atom. The van der Waals surface area contributed by atoms with Gasteiger partial charge in [0.2, 0.25) is 0 Å². The summed E-state index contributed by atoms with van der Waals surface area (Å²) in [5, 5.41) is 6.91. The maximum atomic E-state index is 11.7. The average Bonchev–Trinajstić information content (AvgIpc) is 2.25. The number of anilines is 2. The Kier molecular flexibility index (Phi) is 3.06. The SMILES string of the molecule is Cc1nccc(Nc2cc(Cl)nn(C)c2=O)n1. The van der Waals surface area contributed by atoms with Crippen molar-refractivity contribution in [1.82, 2.24) is 19.7 Å². The lowest BCUT2D eigenvalue weighted by atomic mass is 10.4. The van der Waals surface area contributed by atoms with Crippen molar-refractivity contribution in [3.05, 3.63) is 39.7 Å². The third-order valence-corrected chi connectivity index (χ3v) is 2.26. The standard InChI is InChI=1S/C10H10ClN5O/c1-6-12-4-3-9(13-6)14-7-5-8(11)15-16(2)10(7)17/h3-5H,1-2H3,(H,12,13,14). The first-order chi connectivity index (χ1) is 8.06. The first-order valence-electron chi connectivity index (χ1n) is 4.87. The zero-order valence-corrected chi connectivity index (χ0v) is 10.1. The van der Waals surface area contributed by atoms with Gasteiger partial charge < -0.3 is 5.32 Å². The fraction of sp³-hybridized carbons (Fsp3) is 0.200. The summed E-state index contributed by atoms with van der Waals surface area (Å²) in [5.41, 5.74) is 0.0521. The van der Waals surface area contributed by atoms with Crippen LogP contribution in [-0.4, -0.2) is 19.7 Å². The minimum Gasteiger partial charge on any atom is -0.335 e. The van der Waals surface area contributed by atoms with E-state index in [4.69, 9.17) is 11.6 Å². The molecule has 0 amide bonds. The number of nitrogens with one attached hydrogen (secondary N) is 1. The van der Waals surface area contributed by atoms with Gasteiger partial charge in [0, 0.05) is 19.3 Å². The Bertz CT molecular complexity index is 610. The molecule has 0 aromatic carbocycles. The van der Waals surface area contributed by atoms with Crippen molar-refractivity contribution in [2.24, 2.45) is 7.05 Å². The minimum atomic E-state index is -0.273. The van der Waals surface area contributed by atoms with Gasteiger partial charge in [-0.05, 0) is 13.0 Å². The van der Waals surface area contributed by atoms with Crippen LogP contribution < -0.4 is 10.9 Å². The van der Waals surface area contributed by atoms with E-state index in [1.807, 2.05) is 0 Å². The Hall–Kier alpha value is -1.95. The number of rotatable bonds is 2. The van der Waals surface area contributed by atoms with Crippen LogP contribution in [0, 0.1) is 6.92 Å². The monoisotopic (exact) mass is 251 g/mol. The molecule has 0 bridgehead atoms. The lowest BCUT2D eigenvalue weighted by molar-refractivity contribution is 0.710. The van der Waals surface area contributed by atoms with Crippen molar-refractivity contribution < 1.29 is 0 Å². The smallest absolute Gasteiger partial charge is 0.290 e. The quantitative estimate of drug-likeness (QED) is 0.870. The van der Waals surface area contributed by atoms with Crippen LogP contribution >= 0.6 is 11.6 Å². The summed E-state index contributed by atoms with van der Waals surface area (Å²) in [6, 6.07) is 3.13. The molecule has 0 unspecified atom stereocenters. The predicted octanol–water partition coefficient (Wildman–Crippen LogP) is 1.28. The van der Waals surface area contributed by atoms with Gasteiger partial charge >= 0.3 is 0 Å². The van der Waals surface area contributed by atoms with E-state index in [1.54, 1.807) is 19.2 Å². The molecule has 0 fully saturated rings. The fourth-order valence-electron chi connectivity index (χ4n) is 1.33. The Balaban J connectivity index is 2.40. The van der Waals surface area contributed by atoms with Crippen LogP contribution in [0.2, 0.25) is 5.15 Å². The zero-order chi connectivity index (χ0) is 12.4. The zero-order valence-electron chi connectivity index (χ0n) is 9.31. The van der Waals surface area contributed by atoms with Crippen molar-refractivity contribution in [2.45, 2.75) is 6.92 Å². The number of aryl methyl sites for hydroxylation is 2. The molecule has 0 aliphatic carbocycles. The normalized spacial score (nSPS) is 10.3. The second kappa shape index (κ2) is 4.50. The van der Waals surface area contributed by atoms with Gasteiger partial charge in [-0.2, -0.15) is 5.10 Å². The highest BCUT2D eigenvalue weighted by atomic mass is 35.5.